The van der Waals surface area contributed by atoms with Gasteiger partial charge in [0.2, 0.25) is 15.9 Å². The molecular formula is C19H23ClN2O3S. The lowest BCUT2D eigenvalue weighted by atomic mass is 10.1. The van der Waals surface area contributed by atoms with Gasteiger partial charge in [-0.3, -0.25) is 4.79 Å². The van der Waals surface area contributed by atoms with Crippen molar-refractivity contribution in [1.82, 2.24) is 9.62 Å². The van der Waals surface area contributed by atoms with Gasteiger partial charge >= 0.3 is 0 Å². The summed E-state index contributed by atoms with van der Waals surface area (Å²) >= 11 is 5.86. The molecule has 0 saturated heterocycles. The van der Waals surface area contributed by atoms with Crippen molar-refractivity contribution in [1.29, 1.82) is 0 Å². The van der Waals surface area contributed by atoms with Crippen LogP contribution in [0.2, 0.25) is 5.02 Å². The molecule has 1 N–H and O–H groups in total. The fourth-order valence-corrected chi connectivity index (χ4v) is 3.99. The predicted octanol–water partition coefficient (Wildman–Crippen LogP) is 3.36. The third kappa shape index (κ3) is 5.30. The van der Waals surface area contributed by atoms with E-state index in [-0.39, 0.29) is 29.9 Å². The van der Waals surface area contributed by atoms with E-state index in [1.165, 1.54) is 28.6 Å². The maximum absolute atomic E-state index is 13.1. The Kier molecular flexibility index (Phi) is 6.81. The lowest BCUT2D eigenvalue weighted by molar-refractivity contribution is -0.121. The number of rotatable bonds is 7. The summed E-state index contributed by atoms with van der Waals surface area (Å²) in [5.74, 6) is -0.342. The van der Waals surface area contributed by atoms with Crippen molar-refractivity contribution >= 4 is 27.5 Å². The highest BCUT2D eigenvalue weighted by Gasteiger charge is 2.27. The van der Waals surface area contributed by atoms with Gasteiger partial charge in [-0.05, 0) is 56.2 Å². The van der Waals surface area contributed by atoms with Crippen LogP contribution in [0.5, 0.6) is 0 Å². The highest BCUT2D eigenvalue weighted by atomic mass is 35.5. The summed E-state index contributed by atoms with van der Waals surface area (Å²) < 4.78 is 27.4. The number of carbonyl (C=O) groups is 1. The van der Waals surface area contributed by atoms with Crippen molar-refractivity contribution in [2.75, 3.05) is 6.54 Å². The van der Waals surface area contributed by atoms with E-state index in [4.69, 9.17) is 11.6 Å². The second-order valence-electron chi connectivity index (χ2n) is 6.38. The number of nitrogens with zero attached hydrogens (tertiary/aromatic N) is 1. The fourth-order valence-electron chi connectivity index (χ4n) is 2.49. The van der Waals surface area contributed by atoms with E-state index in [1.807, 2.05) is 45.0 Å². The van der Waals surface area contributed by atoms with E-state index >= 15 is 0 Å². The second-order valence-corrected chi connectivity index (χ2v) is 8.75. The third-order valence-electron chi connectivity index (χ3n) is 3.83. The molecule has 26 heavy (non-hydrogen) atoms. The summed E-state index contributed by atoms with van der Waals surface area (Å²) in [6, 6.07) is 13.4. The molecule has 0 aliphatic heterocycles. The van der Waals surface area contributed by atoms with Crippen molar-refractivity contribution in [3.8, 4) is 0 Å². The Balaban J connectivity index is 2.37. The highest BCUT2D eigenvalue weighted by Crippen LogP contribution is 2.21. The van der Waals surface area contributed by atoms with E-state index in [0.29, 0.717) is 5.02 Å². The number of carbonyl (C=O) groups excluding carboxylic acids is 1. The minimum atomic E-state index is -3.85. The molecule has 0 aliphatic rings. The number of sulfonamides is 1. The first-order chi connectivity index (χ1) is 12.2. The van der Waals surface area contributed by atoms with Gasteiger partial charge in [0.15, 0.2) is 0 Å². The molecule has 0 fully saturated rings. The van der Waals surface area contributed by atoms with Crippen LogP contribution in [0.25, 0.3) is 0 Å². The Morgan fingerprint density at radius 1 is 1.12 bits per heavy atom. The molecule has 0 heterocycles. The standard InChI is InChI=1S/C19H23ClN2O3S/c1-14(2)21-19(23)13-22(12-16-7-5-4-6-15(16)3)26(24,25)18-10-8-17(20)9-11-18/h4-11,14H,12-13H2,1-3H3,(H,21,23). The topological polar surface area (TPSA) is 66.5 Å². The van der Waals surface area contributed by atoms with Crippen molar-refractivity contribution in [3.05, 3.63) is 64.7 Å². The molecule has 2 aromatic carbocycles. The zero-order valence-corrected chi connectivity index (χ0v) is 16.6. The van der Waals surface area contributed by atoms with Crippen LogP contribution in [0.4, 0.5) is 0 Å². The lowest BCUT2D eigenvalue weighted by Gasteiger charge is -2.23. The molecule has 0 saturated carbocycles. The summed E-state index contributed by atoms with van der Waals surface area (Å²) in [7, 11) is -3.85. The molecule has 0 spiro atoms. The van der Waals surface area contributed by atoms with E-state index in [1.54, 1.807) is 0 Å². The summed E-state index contributed by atoms with van der Waals surface area (Å²) in [5, 5.41) is 3.19. The number of aryl methyl sites for hydroxylation is 1. The van der Waals surface area contributed by atoms with Crippen molar-refractivity contribution in [2.24, 2.45) is 0 Å². The van der Waals surface area contributed by atoms with Crippen LogP contribution in [-0.2, 0) is 21.4 Å². The Labute approximate surface area is 160 Å². The van der Waals surface area contributed by atoms with Crippen LogP contribution in [0, 0.1) is 6.92 Å². The average molecular weight is 395 g/mol. The maximum Gasteiger partial charge on any atom is 0.243 e. The van der Waals surface area contributed by atoms with Crippen molar-refractivity contribution < 1.29 is 13.2 Å². The van der Waals surface area contributed by atoms with Crippen LogP contribution in [0.1, 0.15) is 25.0 Å². The smallest absolute Gasteiger partial charge is 0.243 e. The van der Waals surface area contributed by atoms with E-state index < -0.39 is 10.0 Å². The summed E-state index contributed by atoms with van der Waals surface area (Å²) in [4.78, 5) is 12.3. The molecule has 1 amide bonds. The molecule has 0 aromatic heterocycles. The molecule has 0 atom stereocenters. The minimum Gasteiger partial charge on any atom is -0.353 e. The van der Waals surface area contributed by atoms with Gasteiger partial charge in [-0.25, -0.2) is 8.42 Å². The van der Waals surface area contributed by atoms with Gasteiger partial charge in [0.25, 0.3) is 0 Å². The Bertz CT molecular complexity index is 865. The van der Waals surface area contributed by atoms with Crippen molar-refractivity contribution in [3.63, 3.8) is 0 Å². The molecule has 7 heteroatoms. The molecule has 2 aromatic rings. The fraction of sp³-hybridized carbons (Fsp3) is 0.316. The highest BCUT2D eigenvalue weighted by molar-refractivity contribution is 7.89. The van der Waals surface area contributed by atoms with Crippen LogP contribution in [0.15, 0.2) is 53.4 Å². The number of hydrogen-bond donors (Lipinski definition) is 1. The molecule has 140 valence electrons. The Morgan fingerprint density at radius 3 is 2.31 bits per heavy atom. The first kappa shape index (κ1) is 20.4. The quantitative estimate of drug-likeness (QED) is 0.782. The number of amides is 1. The van der Waals surface area contributed by atoms with Gasteiger partial charge in [0.05, 0.1) is 11.4 Å². The van der Waals surface area contributed by atoms with Gasteiger partial charge in [-0.15, -0.1) is 0 Å². The number of nitrogens with one attached hydrogen (secondary N) is 1. The van der Waals surface area contributed by atoms with Gasteiger partial charge < -0.3 is 5.32 Å². The number of hydrogen-bond acceptors (Lipinski definition) is 3. The zero-order chi connectivity index (χ0) is 19.3. The monoisotopic (exact) mass is 394 g/mol. The zero-order valence-electron chi connectivity index (χ0n) is 15.1. The van der Waals surface area contributed by atoms with Gasteiger partial charge in [-0.2, -0.15) is 4.31 Å². The van der Waals surface area contributed by atoms with Crippen LogP contribution in [0.3, 0.4) is 0 Å². The first-order valence-corrected chi connectivity index (χ1v) is 10.1. The number of benzene rings is 2. The lowest BCUT2D eigenvalue weighted by Crippen LogP contribution is -2.42. The van der Waals surface area contributed by atoms with E-state index in [2.05, 4.69) is 5.32 Å². The third-order valence-corrected chi connectivity index (χ3v) is 5.89. The summed E-state index contributed by atoms with van der Waals surface area (Å²) in [6.07, 6.45) is 0. The Morgan fingerprint density at radius 2 is 1.73 bits per heavy atom. The molecule has 0 bridgehead atoms. The predicted molar refractivity (Wildman–Crippen MR) is 104 cm³/mol. The second kappa shape index (κ2) is 8.66. The first-order valence-electron chi connectivity index (χ1n) is 8.29. The van der Waals surface area contributed by atoms with Crippen molar-refractivity contribution in [2.45, 2.75) is 38.3 Å². The van der Waals surface area contributed by atoms with E-state index in [9.17, 15) is 13.2 Å². The van der Waals surface area contributed by atoms with E-state index in [0.717, 1.165) is 11.1 Å². The largest absolute Gasteiger partial charge is 0.353 e. The molecule has 0 unspecified atom stereocenters. The molecule has 5 nitrogen and oxygen atoms in total. The molecule has 0 radical (unpaired) electrons. The molecule has 2 rings (SSSR count). The number of halogens is 1. The summed E-state index contributed by atoms with van der Waals surface area (Å²) in [5.41, 5.74) is 1.82. The van der Waals surface area contributed by atoms with Gasteiger partial charge in [-0.1, -0.05) is 35.9 Å². The summed E-state index contributed by atoms with van der Waals surface area (Å²) in [6.45, 7) is 5.44. The molecular weight excluding hydrogens is 372 g/mol. The molecule has 0 aliphatic carbocycles. The minimum absolute atomic E-state index is 0.0685. The van der Waals surface area contributed by atoms with Crippen LogP contribution < -0.4 is 5.32 Å². The van der Waals surface area contributed by atoms with Crippen LogP contribution >= 0.6 is 11.6 Å². The maximum atomic E-state index is 13.1. The average Bonchev–Trinajstić information content (AvgIpc) is 2.56. The van der Waals surface area contributed by atoms with Gasteiger partial charge in [0, 0.05) is 17.6 Å². The Hall–Kier alpha value is -1.89. The SMILES string of the molecule is Cc1ccccc1CN(CC(=O)NC(C)C)S(=O)(=O)c1ccc(Cl)cc1. The normalized spacial score (nSPS) is 11.8. The van der Waals surface area contributed by atoms with Crippen LogP contribution in [-0.4, -0.2) is 31.2 Å². The van der Waals surface area contributed by atoms with Gasteiger partial charge in [0.1, 0.15) is 0 Å².